The molecule has 0 atom stereocenters. The van der Waals surface area contributed by atoms with Crippen molar-refractivity contribution in [1.82, 2.24) is 4.98 Å². The third kappa shape index (κ3) is 3.03. The third-order valence-corrected chi connectivity index (χ3v) is 5.33. The number of anilines is 1. The Labute approximate surface area is 128 Å². The minimum atomic E-state index is -0.368. The van der Waals surface area contributed by atoms with Crippen LogP contribution in [-0.4, -0.2) is 4.98 Å². The fourth-order valence-electron chi connectivity index (χ4n) is 1.65. The number of hydrogen-bond donors (Lipinski definition) is 1. The van der Waals surface area contributed by atoms with Crippen LogP contribution in [0.1, 0.15) is 5.69 Å². The molecule has 20 heavy (non-hydrogen) atoms. The van der Waals surface area contributed by atoms with Crippen molar-refractivity contribution in [2.45, 2.75) is 10.6 Å². The van der Waals surface area contributed by atoms with Crippen molar-refractivity contribution < 1.29 is 4.39 Å². The fourth-order valence-corrected chi connectivity index (χ4v) is 4.10. The molecule has 0 aliphatic carbocycles. The molecule has 2 aromatic heterocycles. The van der Waals surface area contributed by atoms with Gasteiger partial charge in [-0.05, 0) is 29.6 Å². The van der Waals surface area contributed by atoms with Gasteiger partial charge in [-0.1, -0.05) is 0 Å². The van der Waals surface area contributed by atoms with Gasteiger partial charge in [0.25, 0.3) is 0 Å². The van der Waals surface area contributed by atoms with Gasteiger partial charge >= 0.3 is 0 Å². The molecule has 0 aliphatic rings. The monoisotopic (exact) mass is 322 g/mol. The first-order valence-corrected chi connectivity index (χ1v) is 8.68. The van der Waals surface area contributed by atoms with Crippen molar-refractivity contribution in [1.29, 1.82) is 0 Å². The lowest BCUT2D eigenvalue weighted by atomic mass is 10.3. The van der Waals surface area contributed by atoms with Crippen molar-refractivity contribution in [2.24, 2.45) is 0 Å². The molecule has 3 rings (SSSR count). The Kier molecular flexibility index (Phi) is 4.05. The van der Waals surface area contributed by atoms with Crippen molar-refractivity contribution in [3.63, 3.8) is 0 Å². The molecule has 0 unspecified atom stereocenters. The number of nitrogens with zero attached hydrogens (tertiary/aromatic N) is 1. The predicted molar refractivity (Wildman–Crippen MR) is 85.8 cm³/mol. The van der Waals surface area contributed by atoms with Crippen LogP contribution in [0.5, 0.6) is 0 Å². The van der Waals surface area contributed by atoms with E-state index in [0.717, 1.165) is 26.9 Å². The summed E-state index contributed by atoms with van der Waals surface area (Å²) in [4.78, 5) is 5.46. The molecule has 2 N–H and O–H groups in total. The number of hydrogen-bond acceptors (Lipinski definition) is 5. The minimum absolute atomic E-state index is 0.183. The number of thiophene rings is 1. The molecule has 2 heterocycles. The van der Waals surface area contributed by atoms with E-state index in [1.54, 1.807) is 40.5 Å². The smallest absolute Gasteiger partial charge is 0.147 e. The van der Waals surface area contributed by atoms with Crippen molar-refractivity contribution in [2.75, 3.05) is 5.73 Å². The van der Waals surface area contributed by atoms with E-state index in [9.17, 15) is 4.39 Å². The molecule has 0 saturated carbocycles. The maximum Gasteiger partial charge on any atom is 0.147 e. The Balaban J connectivity index is 1.68. The molecular weight excluding hydrogens is 311 g/mol. The van der Waals surface area contributed by atoms with Gasteiger partial charge in [-0.2, -0.15) is 11.3 Å². The van der Waals surface area contributed by atoms with E-state index in [-0.39, 0.29) is 11.5 Å². The second-order valence-corrected chi connectivity index (χ2v) is 6.81. The summed E-state index contributed by atoms with van der Waals surface area (Å²) in [5.74, 6) is 0.358. The third-order valence-electron chi connectivity index (χ3n) is 2.68. The van der Waals surface area contributed by atoms with Crippen LogP contribution in [0.4, 0.5) is 10.1 Å². The number of thiazole rings is 1. The average molecular weight is 322 g/mol. The van der Waals surface area contributed by atoms with Gasteiger partial charge in [-0.15, -0.1) is 23.1 Å². The molecule has 0 saturated heterocycles. The first-order valence-electron chi connectivity index (χ1n) is 5.87. The summed E-state index contributed by atoms with van der Waals surface area (Å²) >= 11 is 4.86. The molecule has 6 heteroatoms. The number of nitrogen functional groups attached to an aromatic ring is 1. The summed E-state index contributed by atoms with van der Waals surface area (Å²) < 4.78 is 13.3. The molecule has 0 fully saturated rings. The van der Waals surface area contributed by atoms with E-state index < -0.39 is 0 Å². The summed E-state index contributed by atoms with van der Waals surface area (Å²) in [6.45, 7) is 0. The van der Waals surface area contributed by atoms with Crippen molar-refractivity contribution >= 4 is 40.1 Å². The zero-order valence-corrected chi connectivity index (χ0v) is 12.8. The molecule has 1 aromatic carbocycles. The van der Waals surface area contributed by atoms with Crippen LogP contribution in [0.25, 0.3) is 10.6 Å². The highest BCUT2D eigenvalue weighted by Crippen LogP contribution is 2.29. The normalized spacial score (nSPS) is 10.8. The first kappa shape index (κ1) is 13.6. The van der Waals surface area contributed by atoms with Crippen LogP contribution in [0, 0.1) is 5.82 Å². The molecule has 0 amide bonds. The molecule has 3 aromatic rings. The van der Waals surface area contributed by atoms with E-state index in [2.05, 4.69) is 16.4 Å². The lowest BCUT2D eigenvalue weighted by Gasteiger charge is -2.01. The average Bonchev–Trinajstić information content (AvgIpc) is 3.09. The van der Waals surface area contributed by atoms with E-state index in [1.165, 1.54) is 6.07 Å². The number of nitrogens with two attached hydrogens (primary N) is 1. The Bertz CT molecular complexity index is 707. The topological polar surface area (TPSA) is 38.9 Å². The maximum atomic E-state index is 13.3. The van der Waals surface area contributed by atoms with E-state index in [0.29, 0.717) is 0 Å². The zero-order valence-electron chi connectivity index (χ0n) is 10.4. The van der Waals surface area contributed by atoms with Gasteiger partial charge in [0, 0.05) is 27.0 Å². The first-order chi connectivity index (χ1) is 9.72. The Morgan fingerprint density at radius 2 is 2.15 bits per heavy atom. The van der Waals surface area contributed by atoms with Gasteiger partial charge in [-0.3, -0.25) is 0 Å². The van der Waals surface area contributed by atoms with Gasteiger partial charge in [0.1, 0.15) is 10.8 Å². The summed E-state index contributed by atoms with van der Waals surface area (Å²) in [5, 5.41) is 7.21. The Morgan fingerprint density at radius 3 is 2.90 bits per heavy atom. The van der Waals surface area contributed by atoms with E-state index >= 15 is 0 Å². The minimum Gasteiger partial charge on any atom is -0.396 e. The maximum absolute atomic E-state index is 13.3. The van der Waals surface area contributed by atoms with Crippen LogP contribution in [0.3, 0.4) is 0 Å². The van der Waals surface area contributed by atoms with Gasteiger partial charge in [0.15, 0.2) is 0 Å². The molecular formula is C14H11FN2S3. The molecule has 2 nitrogen and oxygen atoms in total. The highest BCUT2D eigenvalue weighted by Gasteiger charge is 2.06. The number of thioether (sulfide) groups is 1. The van der Waals surface area contributed by atoms with Gasteiger partial charge in [0.2, 0.25) is 0 Å². The molecule has 0 radical (unpaired) electrons. The molecule has 0 aliphatic heterocycles. The highest BCUT2D eigenvalue weighted by atomic mass is 32.2. The van der Waals surface area contributed by atoms with Crippen LogP contribution in [0.2, 0.25) is 0 Å². The van der Waals surface area contributed by atoms with Gasteiger partial charge in [-0.25, -0.2) is 9.37 Å². The van der Waals surface area contributed by atoms with Gasteiger partial charge in [0.05, 0.1) is 11.4 Å². The van der Waals surface area contributed by atoms with E-state index in [1.807, 2.05) is 16.8 Å². The fraction of sp³-hybridized carbons (Fsp3) is 0.0714. The van der Waals surface area contributed by atoms with Crippen LogP contribution in [-0.2, 0) is 5.75 Å². The lowest BCUT2D eigenvalue weighted by Crippen LogP contribution is -1.90. The Morgan fingerprint density at radius 1 is 1.25 bits per heavy atom. The van der Waals surface area contributed by atoms with Crippen molar-refractivity contribution in [3.05, 3.63) is 51.9 Å². The zero-order chi connectivity index (χ0) is 13.9. The number of halogens is 1. The second-order valence-electron chi connectivity index (χ2n) is 4.13. The number of aromatic nitrogens is 1. The standard InChI is InChI=1S/C14H11FN2S3/c15-12-5-11(1-2-13(12)16)19-7-10-8-20-14(17-10)9-3-4-18-6-9/h1-6,8H,7,16H2. The summed E-state index contributed by atoms with van der Waals surface area (Å²) in [6.07, 6.45) is 0. The number of benzene rings is 1. The molecule has 102 valence electrons. The highest BCUT2D eigenvalue weighted by molar-refractivity contribution is 7.98. The SMILES string of the molecule is Nc1ccc(SCc2csc(-c3ccsc3)n2)cc1F. The predicted octanol–water partition coefficient (Wildman–Crippen LogP) is 4.89. The van der Waals surface area contributed by atoms with Crippen molar-refractivity contribution in [3.8, 4) is 10.6 Å². The largest absolute Gasteiger partial charge is 0.396 e. The van der Waals surface area contributed by atoms with Crippen LogP contribution >= 0.6 is 34.4 Å². The second kappa shape index (κ2) is 5.95. The quantitative estimate of drug-likeness (QED) is 0.549. The molecule has 0 spiro atoms. The summed E-state index contributed by atoms with van der Waals surface area (Å²) in [7, 11) is 0. The van der Waals surface area contributed by atoms with E-state index in [4.69, 9.17) is 5.73 Å². The van der Waals surface area contributed by atoms with Gasteiger partial charge < -0.3 is 5.73 Å². The summed E-state index contributed by atoms with van der Waals surface area (Å²) in [5.41, 5.74) is 7.82. The van der Waals surface area contributed by atoms with Crippen LogP contribution < -0.4 is 5.73 Å². The summed E-state index contributed by atoms with van der Waals surface area (Å²) in [6, 6.07) is 6.95. The molecule has 0 bridgehead atoms. The number of rotatable bonds is 4. The van der Waals surface area contributed by atoms with Crippen LogP contribution in [0.15, 0.2) is 45.3 Å². The Hall–Kier alpha value is -1.37. The lowest BCUT2D eigenvalue weighted by molar-refractivity contribution is 0.629.